The number of ether oxygens (including phenoxy) is 2. The van der Waals surface area contributed by atoms with Gasteiger partial charge in [0.1, 0.15) is 24.7 Å². The minimum absolute atomic E-state index is 0.106. The summed E-state index contributed by atoms with van der Waals surface area (Å²) in [6.07, 6.45) is 14.3. The first-order chi connectivity index (χ1) is 19.5. The van der Waals surface area contributed by atoms with Crippen LogP contribution in [-0.2, 0) is 36.4 Å². The quantitative estimate of drug-likeness (QED) is 0.0600. The molecule has 2 aromatic carbocycles. The standard InChI is InChI=1S/C32H46O7P/c1-3-5-7-9-11-13-15-31(33)38-29-21-17-27(18-22-29)25-36-40(35)37-26-28-19-23-30(24-20-28)39-32(34)16-14-12-10-8-6-4-2/h17-24H,3-16,25-26H2,1-2H3/q+1. The fraction of sp³-hybridized carbons (Fsp3) is 0.562. The van der Waals surface area contributed by atoms with Crippen molar-refractivity contribution in [3.05, 3.63) is 59.7 Å². The number of carbonyl (C=O) groups is 2. The van der Waals surface area contributed by atoms with Gasteiger partial charge in [0.05, 0.1) is 0 Å². The van der Waals surface area contributed by atoms with Gasteiger partial charge in [-0.3, -0.25) is 9.59 Å². The smallest absolute Gasteiger partial charge is 0.427 e. The first-order valence-corrected chi connectivity index (χ1v) is 15.9. The molecule has 220 valence electrons. The average Bonchev–Trinajstić information content (AvgIpc) is 2.96. The number of esters is 2. The zero-order valence-corrected chi connectivity index (χ0v) is 25.1. The molecule has 0 N–H and O–H groups in total. The van der Waals surface area contributed by atoms with Crippen molar-refractivity contribution in [2.45, 2.75) is 117 Å². The third-order valence-corrected chi connectivity index (χ3v) is 7.13. The second kappa shape index (κ2) is 21.2. The van der Waals surface area contributed by atoms with Gasteiger partial charge in [-0.25, -0.2) is 0 Å². The lowest BCUT2D eigenvalue weighted by Crippen LogP contribution is -2.07. The van der Waals surface area contributed by atoms with Crippen molar-refractivity contribution in [1.82, 2.24) is 0 Å². The van der Waals surface area contributed by atoms with E-state index in [0.29, 0.717) is 24.3 Å². The molecular formula is C32H46O7P+. The fourth-order valence-electron chi connectivity index (χ4n) is 4.06. The Morgan fingerprint density at radius 1 is 0.550 bits per heavy atom. The molecule has 0 aliphatic carbocycles. The molecule has 0 fully saturated rings. The number of hydrogen-bond donors (Lipinski definition) is 0. The molecule has 0 saturated carbocycles. The SMILES string of the molecule is CCCCCCCCC(=O)Oc1ccc(CO[P+](=O)OCc2ccc(OC(=O)CCCCCCCC)cc2)cc1. The predicted octanol–water partition coefficient (Wildman–Crippen LogP) is 9.39. The lowest BCUT2D eigenvalue weighted by atomic mass is 10.1. The summed E-state index contributed by atoms with van der Waals surface area (Å²) in [6, 6.07) is 13.9. The minimum atomic E-state index is -2.32. The summed E-state index contributed by atoms with van der Waals surface area (Å²) in [5, 5.41) is 0. The summed E-state index contributed by atoms with van der Waals surface area (Å²) in [5.74, 6) is 0.513. The lowest BCUT2D eigenvalue weighted by Gasteiger charge is -2.05. The van der Waals surface area contributed by atoms with E-state index in [-0.39, 0.29) is 25.2 Å². The van der Waals surface area contributed by atoms with Crippen LogP contribution in [0.4, 0.5) is 0 Å². The third kappa shape index (κ3) is 15.9. The normalized spacial score (nSPS) is 10.8. The first-order valence-electron chi connectivity index (χ1n) is 14.8. The van der Waals surface area contributed by atoms with Crippen molar-refractivity contribution in [1.29, 1.82) is 0 Å². The van der Waals surface area contributed by atoms with Crippen LogP contribution in [-0.4, -0.2) is 11.9 Å². The lowest BCUT2D eigenvalue weighted by molar-refractivity contribution is -0.135. The van der Waals surface area contributed by atoms with Gasteiger partial charge < -0.3 is 9.47 Å². The molecule has 0 spiro atoms. The van der Waals surface area contributed by atoms with Crippen LogP contribution < -0.4 is 9.47 Å². The Morgan fingerprint density at radius 2 is 0.900 bits per heavy atom. The maximum absolute atomic E-state index is 12.1. The second-order valence-corrected chi connectivity index (χ2v) is 11.0. The van der Waals surface area contributed by atoms with Gasteiger partial charge in [0, 0.05) is 17.4 Å². The maximum Gasteiger partial charge on any atom is 0.698 e. The van der Waals surface area contributed by atoms with Gasteiger partial charge in [-0.1, -0.05) is 102 Å². The first kappa shape index (κ1) is 33.6. The molecule has 0 amide bonds. The predicted molar refractivity (Wildman–Crippen MR) is 157 cm³/mol. The van der Waals surface area contributed by atoms with Crippen LogP contribution >= 0.6 is 8.25 Å². The number of carbonyl (C=O) groups excluding carboxylic acids is 2. The Morgan fingerprint density at radius 3 is 1.27 bits per heavy atom. The molecule has 0 aliphatic rings. The zero-order chi connectivity index (χ0) is 28.8. The maximum atomic E-state index is 12.1. The molecule has 0 radical (unpaired) electrons. The summed E-state index contributed by atoms with van der Waals surface area (Å²) in [5.41, 5.74) is 1.57. The van der Waals surface area contributed by atoms with Crippen molar-refractivity contribution in [3.8, 4) is 11.5 Å². The molecule has 0 saturated heterocycles. The topological polar surface area (TPSA) is 88.1 Å². The van der Waals surface area contributed by atoms with E-state index in [0.717, 1.165) is 49.7 Å². The number of unbranched alkanes of at least 4 members (excludes halogenated alkanes) is 10. The highest BCUT2D eigenvalue weighted by molar-refractivity contribution is 7.33. The molecule has 8 heteroatoms. The molecule has 0 heterocycles. The van der Waals surface area contributed by atoms with E-state index in [9.17, 15) is 14.2 Å². The molecule has 40 heavy (non-hydrogen) atoms. The Balaban J connectivity index is 1.60. The monoisotopic (exact) mass is 573 g/mol. The average molecular weight is 574 g/mol. The van der Waals surface area contributed by atoms with Crippen molar-refractivity contribution < 1.29 is 32.7 Å². The number of hydrogen-bond acceptors (Lipinski definition) is 7. The summed E-state index contributed by atoms with van der Waals surface area (Å²) >= 11 is 0. The number of rotatable bonds is 22. The van der Waals surface area contributed by atoms with E-state index in [1.165, 1.54) is 38.5 Å². The Labute approximate surface area is 240 Å². The zero-order valence-electron chi connectivity index (χ0n) is 24.2. The van der Waals surface area contributed by atoms with Crippen LogP contribution in [0.15, 0.2) is 48.5 Å². The van der Waals surface area contributed by atoms with Gasteiger partial charge in [0.2, 0.25) is 0 Å². The highest BCUT2D eigenvalue weighted by Crippen LogP contribution is 2.28. The summed E-state index contributed by atoms with van der Waals surface area (Å²) in [7, 11) is -2.32. The van der Waals surface area contributed by atoms with Crippen molar-refractivity contribution >= 4 is 20.2 Å². The van der Waals surface area contributed by atoms with Gasteiger partial charge >= 0.3 is 20.2 Å². The molecule has 0 aliphatic heterocycles. The van der Waals surface area contributed by atoms with Crippen LogP contribution in [0.2, 0.25) is 0 Å². The van der Waals surface area contributed by atoms with Crippen LogP contribution in [0.5, 0.6) is 11.5 Å². The molecule has 0 bridgehead atoms. The molecule has 2 aromatic rings. The van der Waals surface area contributed by atoms with E-state index >= 15 is 0 Å². The van der Waals surface area contributed by atoms with Gasteiger partial charge in [-0.05, 0) is 48.2 Å². The molecule has 7 nitrogen and oxygen atoms in total. The van der Waals surface area contributed by atoms with Gasteiger partial charge in [-0.2, -0.15) is 0 Å². The van der Waals surface area contributed by atoms with Crippen molar-refractivity contribution in [2.75, 3.05) is 0 Å². The minimum Gasteiger partial charge on any atom is -0.427 e. The summed E-state index contributed by atoms with van der Waals surface area (Å²) in [6.45, 7) is 4.58. The van der Waals surface area contributed by atoms with Gasteiger partial charge in [0.15, 0.2) is 0 Å². The van der Waals surface area contributed by atoms with Crippen LogP contribution in [0.3, 0.4) is 0 Å². The van der Waals surface area contributed by atoms with E-state index in [1.807, 2.05) is 0 Å². The summed E-state index contributed by atoms with van der Waals surface area (Å²) in [4.78, 5) is 24.0. The molecule has 0 atom stereocenters. The Bertz CT molecular complexity index is 910. The van der Waals surface area contributed by atoms with E-state index in [4.69, 9.17) is 18.5 Å². The summed E-state index contributed by atoms with van der Waals surface area (Å²) < 4.78 is 33.6. The second-order valence-electron chi connectivity index (χ2n) is 10.0. The third-order valence-electron chi connectivity index (χ3n) is 6.45. The van der Waals surface area contributed by atoms with E-state index < -0.39 is 8.25 Å². The fourth-order valence-corrected chi connectivity index (χ4v) is 4.65. The highest BCUT2D eigenvalue weighted by atomic mass is 31.1. The molecule has 0 unspecified atom stereocenters. The van der Waals surface area contributed by atoms with Crippen LogP contribution in [0, 0.1) is 0 Å². The van der Waals surface area contributed by atoms with Crippen LogP contribution in [0.1, 0.15) is 115 Å². The molecule has 0 aromatic heterocycles. The Hall–Kier alpha value is -2.60. The van der Waals surface area contributed by atoms with E-state index in [2.05, 4.69) is 13.8 Å². The number of benzene rings is 2. The van der Waals surface area contributed by atoms with Crippen LogP contribution in [0.25, 0.3) is 0 Å². The van der Waals surface area contributed by atoms with Gasteiger partial charge in [-0.15, -0.1) is 9.05 Å². The van der Waals surface area contributed by atoms with Crippen molar-refractivity contribution in [2.24, 2.45) is 0 Å². The van der Waals surface area contributed by atoms with E-state index in [1.54, 1.807) is 48.5 Å². The Kier molecular flexibility index (Phi) is 17.8. The van der Waals surface area contributed by atoms with Gasteiger partial charge in [0.25, 0.3) is 0 Å². The van der Waals surface area contributed by atoms with Crippen molar-refractivity contribution in [3.63, 3.8) is 0 Å². The largest absolute Gasteiger partial charge is 0.698 e. The molecule has 2 rings (SSSR count). The highest BCUT2D eigenvalue weighted by Gasteiger charge is 2.21. The molecular weight excluding hydrogens is 527 g/mol.